The Morgan fingerprint density at radius 3 is 2.68 bits per heavy atom. The Bertz CT molecular complexity index is 574. The second kappa shape index (κ2) is 6.21. The smallest absolute Gasteiger partial charge is 0.128 e. The fourth-order valence-corrected chi connectivity index (χ4v) is 2.27. The van der Waals surface area contributed by atoms with E-state index in [1.807, 2.05) is 24.3 Å². The zero-order valence-corrected chi connectivity index (χ0v) is 11.6. The van der Waals surface area contributed by atoms with Gasteiger partial charge in [0.25, 0.3) is 0 Å². The molecule has 0 amide bonds. The predicted octanol–water partition coefficient (Wildman–Crippen LogP) is 2.72. The number of halogens is 2. The fraction of sp³-hybridized carbons (Fsp3) is 0.154. The summed E-state index contributed by atoms with van der Waals surface area (Å²) in [5.41, 5.74) is 10.3. The van der Waals surface area contributed by atoms with Crippen LogP contribution >= 0.6 is 23.2 Å². The van der Waals surface area contributed by atoms with Crippen molar-refractivity contribution in [3.63, 3.8) is 0 Å². The molecule has 100 valence electrons. The molecule has 19 heavy (non-hydrogen) atoms. The normalized spacial score (nSPS) is 12.4. The molecule has 0 bridgehead atoms. The molecule has 1 heterocycles. The molecule has 0 spiro atoms. The van der Waals surface area contributed by atoms with Crippen LogP contribution in [0.2, 0.25) is 10.0 Å². The molecular weight excluding hydrogens is 283 g/mol. The van der Waals surface area contributed by atoms with Gasteiger partial charge in [-0.2, -0.15) is 0 Å². The first-order valence-corrected chi connectivity index (χ1v) is 6.48. The molecule has 2 aromatic rings. The number of nitrogens with one attached hydrogen (secondary N) is 1. The molecular formula is C13H14Cl2N4. The molecule has 2 rings (SSSR count). The van der Waals surface area contributed by atoms with Crippen molar-refractivity contribution in [1.29, 1.82) is 0 Å². The highest BCUT2D eigenvalue weighted by Gasteiger charge is 2.16. The number of hydrogen-bond donors (Lipinski definition) is 3. The van der Waals surface area contributed by atoms with E-state index < -0.39 is 0 Å². The van der Waals surface area contributed by atoms with E-state index in [4.69, 9.17) is 34.8 Å². The number of nitrogen functional groups attached to an aromatic ring is 1. The van der Waals surface area contributed by atoms with Crippen LogP contribution in [0.1, 0.15) is 17.2 Å². The van der Waals surface area contributed by atoms with Crippen LogP contribution in [0.3, 0.4) is 0 Å². The second-order valence-electron chi connectivity index (χ2n) is 4.14. The number of rotatable bonds is 4. The topological polar surface area (TPSA) is 77.0 Å². The predicted molar refractivity (Wildman–Crippen MR) is 78.9 cm³/mol. The summed E-state index contributed by atoms with van der Waals surface area (Å²) >= 11 is 12.1. The fourth-order valence-electron chi connectivity index (χ4n) is 1.89. The van der Waals surface area contributed by atoms with Gasteiger partial charge >= 0.3 is 0 Å². The molecule has 0 aliphatic rings. The van der Waals surface area contributed by atoms with Gasteiger partial charge in [0.05, 0.1) is 11.1 Å². The van der Waals surface area contributed by atoms with Crippen LogP contribution in [0.15, 0.2) is 36.5 Å². The average Bonchev–Trinajstić information content (AvgIpc) is 2.41. The second-order valence-corrected chi connectivity index (χ2v) is 4.99. The number of nitrogens with zero attached hydrogens (tertiary/aromatic N) is 1. The highest BCUT2D eigenvalue weighted by molar-refractivity contribution is 6.31. The molecule has 1 aromatic heterocycles. The van der Waals surface area contributed by atoms with Crippen LogP contribution in [-0.2, 0) is 6.42 Å². The Morgan fingerprint density at radius 1 is 1.26 bits per heavy atom. The lowest BCUT2D eigenvalue weighted by Crippen LogP contribution is -2.30. The minimum Gasteiger partial charge on any atom is -0.383 e. The molecule has 0 aliphatic heterocycles. The molecule has 1 unspecified atom stereocenters. The number of benzene rings is 1. The van der Waals surface area contributed by atoms with E-state index in [1.165, 1.54) is 6.20 Å². The van der Waals surface area contributed by atoms with Crippen molar-refractivity contribution in [2.75, 3.05) is 5.73 Å². The first-order valence-electron chi connectivity index (χ1n) is 5.72. The molecule has 0 aliphatic carbocycles. The van der Waals surface area contributed by atoms with Crippen molar-refractivity contribution in [2.45, 2.75) is 12.5 Å². The summed E-state index contributed by atoms with van der Waals surface area (Å²) in [6.07, 6.45) is 2.10. The molecule has 0 radical (unpaired) electrons. The van der Waals surface area contributed by atoms with Crippen LogP contribution in [0, 0.1) is 0 Å². The summed E-state index contributed by atoms with van der Waals surface area (Å²) in [5, 5.41) is 1.21. The minimum atomic E-state index is -0.203. The molecule has 6 heteroatoms. The number of hydrazine groups is 1. The Kier molecular flexibility index (Phi) is 4.61. The molecule has 0 saturated heterocycles. The van der Waals surface area contributed by atoms with Crippen LogP contribution in [0.25, 0.3) is 0 Å². The van der Waals surface area contributed by atoms with E-state index in [9.17, 15) is 0 Å². The van der Waals surface area contributed by atoms with Gasteiger partial charge in [0, 0.05) is 16.8 Å². The lowest BCUT2D eigenvalue weighted by Gasteiger charge is -2.18. The van der Waals surface area contributed by atoms with E-state index >= 15 is 0 Å². The molecule has 4 nitrogen and oxygen atoms in total. The number of pyridine rings is 1. The number of nitrogens with two attached hydrogens (primary N) is 2. The first-order chi connectivity index (χ1) is 9.11. The lowest BCUT2D eigenvalue weighted by molar-refractivity contribution is 0.552. The average molecular weight is 297 g/mol. The largest absolute Gasteiger partial charge is 0.383 e. The Morgan fingerprint density at radius 2 is 2.00 bits per heavy atom. The van der Waals surface area contributed by atoms with Gasteiger partial charge in [-0.3, -0.25) is 11.3 Å². The van der Waals surface area contributed by atoms with Crippen molar-refractivity contribution in [3.8, 4) is 0 Å². The number of aromatic nitrogens is 1. The van der Waals surface area contributed by atoms with Crippen molar-refractivity contribution < 1.29 is 0 Å². The van der Waals surface area contributed by atoms with Crippen molar-refractivity contribution in [1.82, 2.24) is 10.4 Å². The van der Waals surface area contributed by atoms with Gasteiger partial charge in [0.15, 0.2) is 0 Å². The van der Waals surface area contributed by atoms with E-state index in [0.717, 1.165) is 11.1 Å². The maximum absolute atomic E-state index is 6.14. The number of anilines is 1. The van der Waals surface area contributed by atoms with Crippen molar-refractivity contribution >= 4 is 29.0 Å². The van der Waals surface area contributed by atoms with Gasteiger partial charge in [0.1, 0.15) is 5.82 Å². The Balaban J connectivity index is 2.30. The van der Waals surface area contributed by atoms with Crippen LogP contribution in [0.5, 0.6) is 0 Å². The quantitative estimate of drug-likeness (QED) is 0.599. The van der Waals surface area contributed by atoms with Crippen LogP contribution in [0.4, 0.5) is 5.82 Å². The van der Waals surface area contributed by atoms with E-state index in [2.05, 4.69) is 10.4 Å². The summed E-state index contributed by atoms with van der Waals surface area (Å²) in [6.45, 7) is 0. The monoisotopic (exact) mass is 296 g/mol. The Hall–Kier alpha value is -1.33. The molecule has 0 fully saturated rings. The summed E-state index contributed by atoms with van der Waals surface area (Å²) in [7, 11) is 0. The molecule has 1 aromatic carbocycles. The maximum atomic E-state index is 6.14. The van der Waals surface area contributed by atoms with E-state index in [1.54, 1.807) is 6.07 Å². The van der Waals surface area contributed by atoms with E-state index in [-0.39, 0.29) is 6.04 Å². The van der Waals surface area contributed by atoms with Gasteiger partial charge < -0.3 is 5.73 Å². The molecule has 5 N–H and O–H groups in total. The van der Waals surface area contributed by atoms with Crippen LogP contribution in [-0.4, -0.2) is 4.98 Å². The summed E-state index contributed by atoms with van der Waals surface area (Å²) in [4.78, 5) is 4.03. The zero-order valence-electron chi connectivity index (χ0n) is 10.1. The standard InChI is InChI=1S/C13H14Cl2N4/c14-9-6-10(13(16)18-7-9)12(19-17)5-8-3-1-2-4-11(8)15/h1-4,6-7,12,19H,5,17H2,(H2,16,18). The highest BCUT2D eigenvalue weighted by atomic mass is 35.5. The van der Waals surface area contributed by atoms with Gasteiger partial charge in [-0.15, -0.1) is 0 Å². The maximum Gasteiger partial charge on any atom is 0.128 e. The Labute approximate surface area is 121 Å². The minimum absolute atomic E-state index is 0.203. The highest BCUT2D eigenvalue weighted by Crippen LogP contribution is 2.27. The summed E-state index contributed by atoms with van der Waals surface area (Å²) in [5.74, 6) is 6.00. The first kappa shape index (κ1) is 14.1. The molecule has 1 atom stereocenters. The molecule has 0 saturated carbocycles. The van der Waals surface area contributed by atoms with E-state index in [0.29, 0.717) is 22.3 Å². The third-order valence-corrected chi connectivity index (χ3v) is 3.45. The van der Waals surface area contributed by atoms with Crippen LogP contribution < -0.4 is 17.0 Å². The van der Waals surface area contributed by atoms with Gasteiger partial charge in [0.2, 0.25) is 0 Å². The third-order valence-electron chi connectivity index (χ3n) is 2.87. The zero-order chi connectivity index (χ0) is 13.8. The lowest BCUT2D eigenvalue weighted by atomic mass is 10.00. The summed E-state index contributed by atoms with van der Waals surface area (Å²) in [6, 6.07) is 9.14. The van der Waals surface area contributed by atoms with Gasteiger partial charge in [-0.25, -0.2) is 4.98 Å². The number of hydrogen-bond acceptors (Lipinski definition) is 4. The van der Waals surface area contributed by atoms with Gasteiger partial charge in [-0.1, -0.05) is 41.4 Å². The van der Waals surface area contributed by atoms with Crippen molar-refractivity contribution in [3.05, 3.63) is 57.7 Å². The van der Waals surface area contributed by atoms with Crippen molar-refractivity contribution in [2.24, 2.45) is 5.84 Å². The summed E-state index contributed by atoms with van der Waals surface area (Å²) < 4.78 is 0. The SMILES string of the molecule is NNC(Cc1ccccc1Cl)c1cc(Cl)cnc1N. The third kappa shape index (κ3) is 3.36. The van der Waals surface area contributed by atoms with Gasteiger partial charge in [-0.05, 0) is 24.1 Å².